The number of fused-ring (bicyclic) bond motifs is 1. The van der Waals surface area contributed by atoms with Gasteiger partial charge in [0.25, 0.3) is 0 Å². The minimum atomic E-state index is 0.957. The Bertz CT molecular complexity index is 684. The van der Waals surface area contributed by atoms with Crippen LogP contribution in [0.4, 0.5) is 5.69 Å². The van der Waals surface area contributed by atoms with Crippen LogP contribution in [0.1, 0.15) is 18.1 Å². The SMILES string of the molecule is C=C1Nc2ccc(Br)cc2C(C)=C1c1ccccc1. The fraction of sp³-hybridized carbons (Fsp3) is 0.0588. The lowest BCUT2D eigenvalue weighted by Gasteiger charge is -2.25. The molecule has 0 atom stereocenters. The predicted molar refractivity (Wildman–Crippen MR) is 85.8 cm³/mol. The smallest absolute Gasteiger partial charge is 0.0461 e. The fourth-order valence-corrected chi connectivity index (χ4v) is 2.88. The van der Waals surface area contributed by atoms with Crippen molar-refractivity contribution in [3.63, 3.8) is 0 Å². The van der Waals surface area contributed by atoms with E-state index in [0.29, 0.717) is 0 Å². The van der Waals surface area contributed by atoms with Gasteiger partial charge >= 0.3 is 0 Å². The minimum Gasteiger partial charge on any atom is -0.355 e. The van der Waals surface area contributed by atoms with E-state index in [0.717, 1.165) is 15.9 Å². The van der Waals surface area contributed by atoms with Gasteiger partial charge in [0.2, 0.25) is 0 Å². The number of allylic oxidation sites excluding steroid dienone is 2. The Hall–Kier alpha value is -1.80. The highest BCUT2D eigenvalue weighted by Crippen LogP contribution is 2.40. The lowest BCUT2D eigenvalue weighted by Crippen LogP contribution is -2.10. The largest absolute Gasteiger partial charge is 0.355 e. The Labute approximate surface area is 121 Å². The van der Waals surface area contributed by atoms with Gasteiger partial charge in [0.15, 0.2) is 0 Å². The van der Waals surface area contributed by atoms with Crippen molar-refractivity contribution in [1.82, 2.24) is 0 Å². The van der Waals surface area contributed by atoms with Crippen molar-refractivity contribution in [2.45, 2.75) is 6.92 Å². The third-order valence-electron chi connectivity index (χ3n) is 3.41. The molecule has 1 aliphatic heterocycles. The van der Waals surface area contributed by atoms with Gasteiger partial charge < -0.3 is 5.32 Å². The molecule has 1 nitrogen and oxygen atoms in total. The van der Waals surface area contributed by atoms with Crippen molar-refractivity contribution >= 4 is 32.8 Å². The molecule has 1 aliphatic rings. The van der Waals surface area contributed by atoms with Crippen LogP contribution in [0.3, 0.4) is 0 Å². The van der Waals surface area contributed by atoms with Crippen molar-refractivity contribution in [1.29, 1.82) is 0 Å². The number of halogens is 1. The molecule has 1 heterocycles. The first-order chi connectivity index (χ1) is 9.16. The van der Waals surface area contributed by atoms with Crippen LogP contribution in [-0.2, 0) is 0 Å². The van der Waals surface area contributed by atoms with Gasteiger partial charge in [0, 0.05) is 27.0 Å². The van der Waals surface area contributed by atoms with Gasteiger partial charge in [0.05, 0.1) is 0 Å². The highest BCUT2D eigenvalue weighted by Gasteiger charge is 2.19. The molecule has 2 aromatic carbocycles. The number of hydrogen-bond donors (Lipinski definition) is 1. The van der Waals surface area contributed by atoms with E-state index in [1.54, 1.807) is 0 Å². The zero-order valence-corrected chi connectivity index (χ0v) is 12.3. The average molecular weight is 312 g/mol. The Morgan fingerprint density at radius 3 is 2.53 bits per heavy atom. The maximum Gasteiger partial charge on any atom is 0.0461 e. The average Bonchev–Trinajstić information content (AvgIpc) is 2.41. The topological polar surface area (TPSA) is 12.0 Å². The molecule has 1 N–H and O–H groups in total. The van der Waals surface area contributed by atoms with Crippen LogP contribution >= 0.6 is 15.9 Å². The Morgan fingerprint density at radius 1 is 1.05 bits per heavy atom. The lowest BCUT2D eigenvalue weighted by atomic mass is 9.90. The first-order valence-corrected chi connectivity index (χ1v) is 6.98. The van der Waals surface area contributed by atoms with E-state index < -0.39 is 0 Å². The zero-order valence-electron chi connectivity index (χ0n) is 10.7. The first kappa shape index (κ1) is 12.2. The van der Waals surface area contributed by atoms with Crippen molar-refractivity contribution in [3.8, 4) is 0 Å². The summed E-state index contributed by atoms with van der Waals surface area (Å²) in [6.07, 6.45) is 0. The van der Waals surface area contributed by atoms with Crippen molar-refractivity contribution in [3.05, 3.63) is 76.4 Å². The van der Waals surface area contributed by atoms with Gasteiger partial charge in [0.1, 0.15) is 0 Å². The number of anilines is 1. The molecular formula is C17H14BrN. The summed E-state index contributed by atoms with van der Waals surface area (Å²) in [5.41, 5.74) is 6.94. The standard InChI is InChI=1S/C17H14BrN/c1-11-15-10-14(18)8-9-16(15)19-12(2)17(11)13-6-4-3-5-7-13/h3-10,19H,2H2,1H3. The summed E-state index contributed by atoms with van der Waals surface area (Å²) in [6, 6.07) is 16.6. The van der Waals surface area contributed by atoms with Gasteiger partial charge in [-0.15, -0.1) is 0 Å². The second-order valence-corrected chi connectivity index (χ2v) is 5.58. The van der Waals surface area contributed by atoms with Crippen LogP contribution in [0.2, 0.25) is 0 Å². The minimum absolute atomic E-state index is 0.957. The summed E-state index contributed by atoms with van der Waals surface area (Å²) in [4.78, 5) is 0. The van der Waals surface area contributed by atoms with Crippen LogP contribution in [0, 0.1) is 0 Å². The van der Waals surface area contributed by atoms with Crippen LogP contribution in [-0.4, -0.2) is 0 Å². The molecule has 2 heteroatoms. The van der Waals surface area contributed by atoms with E-state index in [9.17, 15) is 0 Å². The molecule has 0 spiro atoms. The molecule has 3 rings (SSSR count). The summed E-state index contributed by atoms with van der Waals surface area (Å²) in [5, 5.41) is 3.39. The van der Waals surface area contributed by atoms with Crippen LogP contribution in [0.15, 0.2) is 65.3 Å². The number of nitrogens with one attached hydrogen (secondary N) is 1. The second-order valence-electron chi connectivity index (χ2n) is 4.66. The normalized spacial score (nSPS) is 14.1. The summed E-state index contributed by atoms with van der Waals surface area (Å²) in [7, 11) is 0. The number of benzene rings is 2. The van der Waals surface area contributed by atoms with Gasteiger partial charge in [-0.1, -0.05) is 52.8 Å². The van der Waals surface area contributed by atoms with E-state index in [-0.39, 0.29) is 0 Å². The zero-order chi connectivity index (χ0) is 13.4. The first-order valence-electron chi connectivity index (χ1n) is 6.19. The summed E-state index contributed by atoms with van der Waals surface area (Å²) >= 11 is 3.54. The molecule has 0 fully saturated rings. The number of hydrogen-bond acceptors (Lipinski definition) is 1. The van der Waals surface area contributed by atoms with Gasteiger partial charge in [-0.05, 0) is 36.3 Å². The molecule has 0 aromatic heterocycles. The molecule has 19 heavy (non-hydrogen) atoms. The maximum absolute atomic E-state index is 4.16. The Balaban J connectivity index is 2.23. The van der Waals surface area contributed by atoms with Gasteiger partial charge in [-0.3, -0.25) is 0 Å². The highest BCUT2D eigenvalue weighted by molar-refractivity contribution is 9.10. The van der Waals surface area contributed by atoms with Crippen LogP contribution < -0.4 is 5.32 Å². The predicted octanol–water partition coefficient (Wildman–Crippen LogP) is 5.32. The van der Waals surface area contributed by atoms with Gasteiger partial charge in [-0.25, -0.2) is 0 Å². The van der Waals surface area contributed by atoms with Crippen LogP contribution in [0.25, 0.3) is 11.1 Å². The Morgan fingerprint density at radius 2 is 1.79 bits per heavy atom. The molecular weight excluding hydrogens is 298 g/mol. The van der Waals surface area contributed by atoms with E-state index in [1.165, 1.54) is 22.3 Å². The summed E-state index contributed by atoms with van der Waals surface area (Å²) < 4.78 is 1.09. The molecule has 0 aliphatic carbocycles. The molecule has 0 saturated heterocycles. The molecule has 2 aromatic rings. The van der Waals surface area contributed by atoms with E-state index >= 15 is 0 Å². The molecule has 0 saturated carbocycles. The van der Waals surface area contributed by atoms with E-state index in [4.69, 9.17) is 0 Å². The van der Waals surface area contributed by atoms with Crippen molar-refractivity contribution < 1.29 is 0 Å². The molecule has 0 radical (unpaired) electrons. The van der Waals surface area contributed by atoms with Crippen molar-refractivity contribution in [2.24, 2.45) is 0 Å². The third-order valence-corrected chi connectivity index (χ3v) is 3.90. The molecule has 94 valence electrons. The quantitative estimate of drug-likeness (QED) is 0.751. The molecule has 0 amide bonds. The van der Waals surface area contributed by atoms with E-state index in [2.05, 4.69) is 71.1 Å². The summed E-state index contributed by atoms with van der Waals surface area (Å²) in [6.45, 7) is 6.32. The van der Waals surface area contributed by atoms with Crippen molar-refractivity contribution in [2.75, 3.05) is 5.32 Å². The second kappa shape index (κ2) is 4.71. The lowest BCUT2D eigenvalue weighted by molar-refractivity contribution is 1.39. The summed E-state index contributed by atoms with van der Waals surface area (Å²) in [5.74, 6) is 0. The van der Waals surface area contributed by atoms with E-state index in [1.807, 2.05) is 12.1 Å². The molecule has 0 bridgehead atoms. The highest BCUT2D eigenvalue weighted by atomic mass is 79.9. The molecule has 0 unspecified atom stereocenters. The maximum atomic E-state index is 4.16. The van der Waals surface area contributed by atoms with Crippen LogP contribution in [0.5, 0.6) is 0 Å². The Kier molecular flexibility index (Phi) is 3.03. The number of rotatable bonds is 1. The monoisotopic (exact) mass is 311 g/mol. The fourth-order valence-electron chi connectivity index (χ4n) is 2.52. The van der Waals surface area contributed by atoms with Gasteiger partial charge in [-0.2, -0.15) is 0 Å². The third kappa shape index (κ3) is 2.13.